The van der Waals surface area contributed by atoms with Crippen LogP contribution in [0, 0.1) is 6.92 Å². The van der Waals surface area contributed by atoms with Crippen molar-refractivity contribution in [2.45, 2.75) is 39.3 Å². The zero-order valence-electron chi connectivity index (χ0n) is 18.7. The van der Waals surface area contributed by atoms with Gasteiger partial charge in [-0.15, -0.1) is 0 Å². The number of aromatic nitrogens is 2. The lowest BCUT2D eigenvalue weighted by Crippen LogP contribution is -2.30. The SMILES string of the molecule is CCNC(=O)c1c(NCCN)nc(NC2CCOCC2)n1Cc1ccc(OC)c(C)c1. The largest absolute Gasteiger partial charge is 0.496 e. The molecule has 1 aliphatic rings. The lowest BCUT2D eigenvalue weighted by molar-refractivity contribution is 0.0901. The highest BCUT2D eigenvalue weighted by atomic mass is 16.5. The van der Waals surface area contributed by atoms with Crippen LogP contribution in [0.3, 0.4) is 0 Å². The summed E-state index contributed by atoms with van der Waals surface area (Å²) in [5.74, 6) is 1.88. The molecule has 5 N–H and O–H groups in total. The number of hydrogen-bond acceptors (Lipinski definition) is 7. The van der Waals surface area contributed by atoms with Crippen LogP contribution in [0.1, 0.15) is 41.4 Å². The number of carbonyl (C=O) groups is 1. The number of imidazole rings is 1. The number of nitrogens with zero attached hydrogens (tertiary/aromatic N) is 2. The van der Waals surface area contributed by atoms with Gasteiger partial charge in [0.15, 0.2) is 11.5 Å². The standard InChI is InChI=1S/C22H34N6O3/c1-4-24-21(29)19-20(25-10-9-23)27-22(26-17-7-11-31-12-8-17)28(19)14-16-5-6-18(30-3)15(2)13-16/h5-6,13,17,25H,4,7-12,14,23H2,1-3H3,(H,24,29)(H,26,27). The summed E-state index contributed by atoms with van der Waals surface area (Å²) in [7, 11) is 1.66. The van der Waals surface area contributed by atoms with Crippen LogP contribution in [0.15, 0.2) is 18.2 Å². The first-order valence-corrected chi connectivity index (χ1v) is 10.9. The summed E-state index contributed by atoms with van der Waals surface area (Å²) in [5.41, 5.74) is 8.28. The van der Waals surface area contributed by atoms with E-state index in [1.807, 2.05) is 30.5 Å². The highest BCUT2D eigenvalue weighted by molar-refractivity contribution is 5.98. The van der Waals surface area contributed by atoms with E-state index >= 15 is 0 Å². The molecule has 1 aromatic carbocycles. The normalized spacial score (nSPS) is 14.3. The molecule has 2 heterocycles. The number of benzene rings is 1. The van der Waals surface area contributed by atoms with E-state index < -0.39 is 0 Å². The predicted octanol–water partition coefficient (Wildman–Crippen LogP) is 1.96. The Kier molecular flexibility index (Phi) is 8.13. The Balaban J connectivity index is 2.00. The minimum Gasteiger partial charge on any atom is -0.496 e. The summed E-state index contributed by atoms with van der Waals surface area (Å²) in [6, 6.07) is 6.29. The van der Waals surface area contributed by atoms with Crippen molar-refractivity contribution < 1.29 is 14.3 Å². The Labute approximate surface area is 183 Å². The first-order chi connectivity index (χ1) is 15.1. The number of anilines is 2. The number of nitrogens with one attached hydrogen (secondary N) is 3. The quantitative estimate of drug-likeness (QED) is 0.455. The number of ether oxygens (including phenoxy) is 2. The van der Waals surface area contributed by atoms with Gasteiger partial charge in [-0.1, -0.05) is 12.1 Å². The van der Waals surface area contributed by atoms with Gasteiger partial charge in [0, 0.05) is 38.9 Å². The predicted molar refractivity (Wildman–Crippen MR) is 122 cm³/mol. The molecule has 1 aromatic heterocycles. The van der Waals surface area contributed by atoms with E-state index in [0.717, 1.165) is 42.9 Å². The van der Waals surface area contributed by atoms with E-state index in [1.165, 1.54) is 0 Å². The lowest BCUT2D eigenvalue weighted by atomic mass is 10.1. The minimum atomic E-state index is -0.167. The molecule has 3 rings (SSSR count). The van der Waals surface area contributed by atoms with Crippen molar-refractivity contribution in [2.75, 3.05) is 50.6 Å². The highest BCUT2D eigenvalue weighted by Gasteiger charge is 2.25. The van der Waals surface area contributed by atoms with Crippen molar-refractivity contribution in [2.24, 2.45) is 5.73 Å². The Bertz CT molecular complexity index is 876. The van der Waals surface area contributed by atoms with Gasteiger partial charge in [-0.05, 0) is 43.9 Å². The van der Waals surface area contributed by atoms with Crippen molar-refractivity contribution in [3.63, 3.8) is 0 Å². The smallest absolute Gasteiger partial charge is 0.271 e. The molecule has 0 radical (unpaired) electrons. The lowest BCUT2D eigenvalue weighted by Gasteiger charge is -2.24. The van der Waals surface area contributed by atoms with Crippen LogP contribution in [0.2, 0.25) is 0 Å². The van der Waals surface area contributed by atoms with E-state index in [2.05, 4.69) is 22.0 Å². The molecule has 1 amide bonds. The Morgan fingerprint density at radius 2 is 2.13 bits per heavy atom. The van der Waals surface area contributed by atoms with Gasteiger partial charge >= 0.3 is 0 Å². The zero-order chi connectivity index (χ0) is 22.2. The van der Waals surface area contributed by atoms with Gasteiger partial charge in [0.1, 0.15) is 5.75 Å². The fraction of sp³-hybridized carbons (Fsp3) is 0.545. The summed E-state index contributed by atoms with van der Waals surface area (Å²) in [6.07, 6.45) is 1.80. The van der Waals surface area contributed by atoms with E-state index in [4.69, 9.17) is 20.2 Å². The fourth-order valence-corrected chi connectivity index (χ4v) is 3.75. The third-order valence-electron chi connectivity index (χ3n) is 5.31. The van der Waals surface area contributed by atoms with Gasteiger partial charge in [0.25, 0.3) is 5.91 Å². The molecule has 31 heavy (non-hydrogen) atoms. The summed E-state index contributed by atoms with van der Waals surface area (Å²) < 4.78 is 12.8. The third-order valence-corrected chi connectivity index (χ3v) is 5.31. The van der Waals surface area contributed by atoms with Crippen LogP contribution in [0.25, 0.3) is 0 Å². The van der Waals surface area contributed by atoms with Crippen molar-refractivity contribution in [3.05, 3.63) is 35.0 Å². The second kappa shape index (κ2) is 11.0. The zero-order valence-corrected chi connectivity index (χ0v) is 18.7. The molecule has 1 fully saturated rings. The monoisotopic (exact) mass is 430 g/mol. The van der Waals surface area contributed by atoms with Crippen molar-refractivity contribution in [3.8, 4) is 5.75 Å². The molecule has 9 nitrogen and oxygen atoms in total. The number of hydrogen-bond donors (Lipinski definition) is 4. The maximum absolute atomic E-state index is 13.0. The Morgan fingerprint density at radius 1 is 1.35 bits per heavy atom. The fourth-order valence-electron chi connectivity index (χ4n) is 3.75. The molecule has 1 aliphatic heterocycles. The molecule has 0 spiro atoms. The Hall–Kier alpha value is -2.78. The number of methoxy groups -OCH3 is 1. The molecule has 9 heteroatoms. The maximum atomic E-state index is 13.0. The summed E-state index contributed by atoms with van der Waals surface area (Å²) in [5, 5.41) is 9.66. The van der Waals surface area contributed by atoms with Crippen LogP contribution in [0.4, 0.5) is 11.8 Å². The van der Waals surface area contributed by atoms with Gasteiger partial charge in [0.2, 0.25) is 5.95 Å². The number of rotatable bonds is 10. The van der Waals surface area contributed by atoms with Gasteiger partial charge < -0.3 is 31.2 Å². The van der Waals surface area contributed by atoms with E-state index in [9.17, 15) is 4.79 Å². The van der Waals surface area contributed by atoms with Crippen LogP contribution < -0.4 is 26.4 Å². The number of amides is 1. The molecule has 2 aromatic rings. The maximum Gasteiger partial charge on any atom is 0.271 e. The van der Waals surface area contributed by atoms with Crippen molar-refractivity contribution >= 4 is 17.7 Å². The van der Waals surface area contributed by atoms with Crippen LogP contribution in [-0.4, -0.2) is 61.5 Å². The van der Waals surface area contributed by atoms with Crippen molar-refractivity contribution in [1.29, 1.82) is 0 Å². The Morgan fingerprint density at radius 3 is 2.77 bits per heavy atom. The molecule has 0 aliphatic carbocycles. The molecule has 0 saturated carbocycles. The highest BCUT2D eigenvalue weighted by Crippen LogP contribution is 2.26. The van der Waals surface area contributed by atoms with Gasteiger partial charge in [0.05, 0.1) is 13.7 Å². The topological polar surface area (TPSA) is 115 Å². The summed E-state index contributed by atoms with van der Waals surface area (Å²) in [6.45, 7) is 7.36. The summed E-state index contributed by atoms with van der Waals surface area (Å²) in [4.78, 5) is 17.8. The molecule has 170 valence electrons. The average Bonchev–Trinajstić information content (AvgIpc) is 3.10. The van der Waals surface area contributed by atoms with Crippen molar-refractivity contribution in [1.82, 2.24) is 14.9 Å². The first-order valence-electron chi connectivity index (χ1n) is 10.9. The van der Waals surface area contributed by atoms with Crippen LogP contribution in [0.5, 0.6) is 5.75 Å². The van der Waals surface area contributed by atoms with Crippen LogP contribution >= 0.6 is 0 Å². The number of aryl methyl sites for hydroxylation is 1. The minimum absolute atomic E-state index is 0.167. The molecule has 1 saturated heterocycles. The van der Waals surface area contributed by atoms with E-state index in [0.29, 0.717) is 43.6 Å². The van der Waals surface area contributed by atoms with E-state index in [-0.39, 0.29) is 11.9 Å². The number of carbonyl (C=O) groups excluding carboxylic acids is 1. The van der Waals surface area contributed by atoms with Gasteiger partial charge in [-0.25, -0.2) is 0 Å². The van der Waals surface area contributed by atoms with Gasteiger partial charge in [-0.3, -0.25) is 9.36 Å². The molecule has 0 bridgehead atoms. The molecule has 0 atom stereocenters. The molecular weight excluding hydrogens is 396 g/mol. The number of nitrogens with two attached hydrogens (primary N) is 1. The first kappa shape index (κ1) is 22.9. The second-order valence-corrected chi connectivity index (χ2v) is 7.63. The molecular formula is C22H34N6O3. The average molecular weight is 431 g/mol. The van der Waals surface area contributed by atoms with Crippen LogP contribution in [-0.2, 0) is 11.3 Å². The second-order valence-electron chi connectivity index (χ2n) is 7.63. The third kappa shape index (κ3) is 5.68. The molecule has 0 unspecified atom stereocenters. The van der Waals surface area contributed by atoms with Gasteiger partial charge in [-0.2, -0.15) is 4.98 Å². The summed E-state index contributed by atoms with van der Waals surface area (Å²) >= 11 is 0. The van der Waals surface area contributed by atoms with E-state index in [1.54, 1.807) is 7.11 Å².